The van der Waals surface area contributed by atoms with Crippen LogP contribution in [0, 0.1) is 0 Å². The summed E-state index contributed by atoms with van der Waals surface area (Å²) < 4.78 is 3.67. The van der Waals surface area contributed by atoms with Crippen LogP contribution in [0.2, 0.25) is 5.02 Å². The van der Waals surface area contributed by atoms with Crippen molar-refractivity contribution in [1.29, 1.82) is 0 Å². The number of nitrogens with zero attached hydrogens (tertiary/aromatic N) is 4. The zero-order valence-corrected chi connectivity index (χ0v) is 17.1. The van der Waals surface area contributed by atoms with Gasteiger partial charge in [0.1, 0.15) is 0 Å². The Labute approximate surface area is 179 Å². The number of hydrogen-bond acceptors (Lipinski definition) is 3. The summed E-state index contributed by atoms with van der Waals surface area (Å²) in [4.78, 5) is 0. The summed E-state index contributed by atoms with van der Waals surface area (Å²) >= 11 is 11.6. The number of thiocarbonyl (C=S) groups is 1. The maximum Gasteiger partial charge on any atom is 0.175 e. The number of rotatable bonds is 6. The highest BCUT2D eigenvalue weighted by molar-refractivity contribution is 7.80. The van der Waals surface area contributed by atoms with Crippen LogP contribution < -0.4 is 10.6 Å². The Kier molecular flexibility index (Phi) is 5.88. The fraction of sp³-hybridized carbons (Fsp3) is 0.0952. The van der Waals surface area contributed by atoms with E-state index in [-0.39, 0.29) is 0 Å². The molecule has 0 radical (unpaired) electrons. The van der Waals surface area contributed by atoms with Gasteiger partial charge < -0.3 is 10.6 Å². The molecule has 0 fully saturated rings. The molecule has 0 saturated heterocycles. The second-order valence-corrected chi connectivity index (χ2v) is 7.32. The van der Waals surface area contributed by atoms with E-state index in [4.69, 9.17) is 23.8 Å². The summed E-state index contributed by atoms with van der Waals surface area (Å²) in [6, 6.07) is 17.9. The van der Waals surface area contributed by atoms with Gasteiger partial charge in [0.05, 0.1) is 36.9 Å². The van der Waals surface area contributed by atoms with Crippen LogP contribution in [0.25, 0.3) is 0 Å². The zero-order chi connectivity index (χ0) is 20.1. The van der Waals surface area contributed by atoms with E-state index in [0.29, 0.717) is 18.2 Å². The second-order valence-electron chi connectivity index (χ2n) is 6.51. The van der Waals surface area contributed by atoms with E-state index in [1.165, 1.54) is 5.56 Å². The molecule has 2 aromatic heterocycles. The summed E-state index contributed by atoms with van der Waals surface area (Å²) in [5.41, 5.74) is 3.82. The van der Waals surface area contributed by atoms with Crippen LogP contribution in [0.3, 0.4) is 0 Å². The molecule has 8 heteroatoms. The van der Waals surface area contributed by atoms with Crippen LogP contribution in [0.5, 0.6) is 0 Å². The van der Waals surface area contributed by atoms with Gasteiger partial charge in [0.25, 0.3) is 0 Å². The standard InChI is InChI=1S/C21H19ClN6S/c22-20-9-5-4-8-17(20)13-28-15-19(11-24-28)26-21(29)25-18-10-23-27(14-18)12-16-6-2-1-3-7-16/h1-11,14-15H,12-13H2,(H2,25,26,29). The predicted molar refractivity (Wildman–Crippen MR) is 120 cm³/mol. The molecular formula is C21H19ClN6S. The normalized spacial score (nSPS) is 10.7. The Bertz CT molecular complexity index is 1110. The summed E-state index contributed by atoms with van der Waals surface area (Å²) in [6.07, 6.45) is 7.28. The first-order valence-electron chi connectivity index (χ1n) is 9.06. The SMILES string of the molecule is S=C(Nc1cnn(Cc2ccccc2)c1)Nc1cnn(Cc2ccccc2Cl)c1. The van der Waals surface area contributed by atoms with Crippen LogP contribution in [0.15, 0.2) is 79.4 Å². The van der Waals surface area contributed by atoms with Crippen molar-refractivity contribution in [2.75, 3.05) is 10.6 Å². The van der Waals surface area contributed by atoms with Gasteiger partial charge in [0.2, 0.25) is 0 Å². The third-order valence-electron chi connectivity index (χ3n) is 4.26. The molecule has 0 aliphatic heterocycles. The van der Waals surface area contributed by atoms with Crippen molar-refractivity contribution in [2.24, 2.45) is 0 Å². The highest BCUT2D eigenvalue weighted by Crippen LogP contribution is 2.17. The quantitative estimate of drug-likeness (QED) is 0.443. The molecule has 0 aliphatic rings. The number of anilines is 2. The van der Waals surface area contributed by atoms with Crippen LogP contribution in [-0.4, -0.2) is 24.7 Å². The molecule has 0 unspecified atom stereocenters. The van der Waals surface area contributed by atoms with Gasteiger partial charge in [-0.3, -0.25) is 9.36 Å². The van der Waals surface area contributed by atoms with Gasteiger partial charge in [0.15, 0.2) is 5.11 Å². The van der Waals surface area contributed by atoms with E-state index in [9.17, 15) is 0 Å². The molecule has 0 aliphatic carbocycles. The molecule has 4 rings (SSSR count). The molecule has 146 valence electrons. The minimum atomic E-state index is 0.474. The van der Waals surface area contributed by atoms with Gasteiger partial charge in [-0.05, 0) is 29.4 Å². The van der Waals surface area contributed by atoms with Crippen molar-refractivity contribution < 1.29 is 0 Å². The predicted octanol–water partition coefficient (Wildman–Crippen LogP) is 4.64. The first-order valence-corrected chi connectivity index (χ1v) is 9.84. The van der Waals surface area contributed by atoms with Gasteiger partial charge in [0, 0.05) is 17.4 Å². The first kappa shape index (κ1) is 19.2. The van der Waals surface area contributed by atoms with Crippen molar-refractivity contribution in [2.45, 2.75) is 13.1 Å². The van der Waals surface area contributed by atoms with Gasteiger partial charge >= 0.3 is 0 Å². The molecular weight excluding hydrogens is 404 g/mol. The Morgan fingerprint density at radius 2 is 1.41 bits per heavy atom. The van der Waals surface area contributed by atoms with E-state index in [1.54, 1.807) is 12.4 Å². The number of nitrogens with one attached hydrogen (secondary N) is 2. The summed E-state index contributed by atoms with van der Waals surface area (Å²) in [5.74, 6) is 0. The number of benzene rings is 2. The lowest BCUT2D eigenvalue weighted by Gasteiger charge is -2.07. The van der Waals surface area contributed by atoms with E-state index in [1.807, 2.05) is 64.2 Å². The van der Waals surface area contributed by atoms with E-state index >= 15 is 0 Å². The topological polar surface area (TPSA) is 59.7 Å². The van der Waals surface area contributed by atoms with Gasteiger partial charge in [-0.15, -0.1) is 0 Å². The summed E-state index contributed by atoms with van der Waals surface area (Å²) in [6.45, 7) is 1.30. The molecule has 2 heterocycles. The highest BCUT2D eigenvalue weighted by Gasteiger charge is 2.06. The second kappa shape index (κ2) is 8.89. The lowest BCUT2D eigenvalue weighted by molar-refractivity contribution is 0.687. The van der Waals surface area contributed by atoms with Crippen molar-refractivity contribution >= 4 is 40.3 Å². The largest absolute Gasteiger partial charge is 0.330 e. The smallest absolute Gasteiger partial charge is 0.175 e. The van der Waals surface area contributed by atoms with Crippen LogP contribution in [0.4, 0.5) is 11.4 Å². The van der Waals surface area contributed by atoms with Gasteiger partial charge in [-0.2, -0.15) is 10.2 Å². The Morgan fingerprint density at radius 1 is 0.828 bits per heavy atom. The molecule has 0 bridgehead atoms. The van der Waals surface area contributed by atoms with E-state index < -0.39 is 0 Å². The van der Waals surface area contributed by atoms with Gasteiger partial charge in [-0.1, -0.05) is 60.1 Å². The van der Waals surface area contributed by atoms with Crippen molar-refractivity contribution in [1.82, 2.24) is 19.6 Å². The number of halogens is 1. The zero-order valence-electron chi connectivity index (χ0n) is 15.5. The van der Waals surface area contributed by atoms with E-state index in [0.717, 1.165) is 22.0 Å². The molecule has 0 amide bonds. The maximum atomic E-state index is 6.21. The summed E-state index contributed by atoms with van der Waals surface area (Å²) in [5, 5.41) is 16.2. The Morgan fingerprint density at radius 3 is 2.07 bits per heavy atom. The van der Waals surface area contributed by atoms with Crippen LogP contribution in [-0.2, 0) is 13.1 Å². The monoisotopic (exact) mass is 422 g/mol. The minimum absolute atomic E-state index is 0.474. The summed E-state index contributed by atoms with van der Waals surface area (Å²) in [7, 11) is 0. The fourth-order valence-corrected chi connectivity index (χ4v) is 3.33. The third kappa shape index (κ3) is 5.22. The molecule has 4 aromatic rings. The molecule has 2 N–H and O–H groups in total. The fourth-order valence-electron chi connectivity index (χ4n) is 2.89. The lowest BCUT2D eigenvalue weighted by Crippen LogP contribution is -2.18. The molecule has 2 aromatic carbocycles. The maximum absolute atomic E-state index is 6.21. The molecule has 0 atom stereocenters. The van der Waals surface area contributed by atoms with Crippen molar-refractivity contribution in [3.8, 4) is 0 Å². The molecule has 29 heavy (non-hydrogen) atoms. The van der Waals surface area contributed by atoms with Crippen LogP contribution >= 0.6 is 23.8 Å². The molecule has 6 nitrogen and oxygen atoms in total. The first-order chi connectivity index (χ1) is 14.2. The van der Waals surface area contributed by atoms with E-state index in [2.05, 4.69) is 33.0 Å². The lowest BCUT2D eigenvalue weighted by atomic mass is 10.2. The average Bonchev–Trinajstić information content (AvgIpc) is 3.34. The van der Waals surface area contributed by atoms with Crippen molar-refractivity contribution in [3.63, 3.8) is 0 Å². The molecule has 0 saturated carbocycles. The average molecular weight is 423 g/mol. The third-order valence-corrected chi connectivity index (χ3v) is 4.83. The van der Waals surface area contributed by atoms with Crippen LogP contribution in [0.1, 0.15) is 11.1 Å². The Balaban J connectivity index is 1.32. The minimum Gasteiger partial charge on any atom is -0.330 e. The number of hydrogen-bond donors (Lipinski definition) is 2. The highest BCUT2D eigenvalue weighted by atomic mass is 35.5. The van der Waals surface area contributed by atoms with Gasteiger partial charge in [-0.25, -0.2) is 0 Å². The number of aromatic nitrogens is 4. The molecule has 0 spiro atoms. The Hall–Kier alpha value is -3.16. The van der Waals surface area contributed by atoms with Crippen molar-refractivity contribution in [3.05, 3.63) is 95.5 Å².